The van der Waals surface area contributed by atoms with E-state index in [4.69, 9.17) is 16.2 Å². The first-order chi connectivity index (χ1) is 11.0. The standard InChI is InChI=1S/C12H12N2O2S.C5H8O/c13-9-1-5-11(6-2-9)17(15,16)12-7-3-10(14)4-8-12;1-2-4-6-5-3-1/h1-8H,13-14H2;2,4H,1,3,5H2. The van der Waals surface area contributed by atoms with Crippen LogP contribution in [0.25, 0.3) is 0 Å². The predicted octanol–water partition coefficient (Wildman–Crippen LogP) is 2.99. The van der Waals surface area contributed by atoms with Crippen LogP contribution in [0.15, 0.2) is 70.7 Å². The minimum absolute atomic E-state index is 0.219. The van der Waals surface area contributed by atoms with E-state index >= 15 is 0 Å². The molecule has 1 heterocycles. The van der Waals surface area contributed by atoms with Gasteiger partial charge in [0.25, 0.3) is 0 Å². The van der Waals surface area contributed by atoms with Gasteiger partial charge in [0, 0.05) is 11.4 Å². The lowest BCUT2D eigenvalue weighted by Gasteiger charge is -2.05. The maximum absolute atomic E-state index is 12.2. The quantitative estimate of drug-likeness (QED) is 0.824. The maximum Gasteiger partial charge on any atom is 0.206 e. The number of hydrogen-bond donors (Lipinski definition) is 2. The van der Waals surface area contributed by atoms with E-state index in [-0.39, 0.29) is 9.79 Å². The van der Waals surface area contributed by atoms with Crippen LogP contribution >= 0.6 is 0 Å². The molecule has 0 saturated heterocycles. The minimum atomic E-state index is -3.48. The van der Waals surface area contributed by atoms with Gasteiger partial charge in [0.1, 0.15) is 0 Å². The van der Waals surface area contributed by atoms with Crippen molar-refractivity contribution in [3.63, 3.8) is 0 Å². The summed E-state index contributed by atoms with van der Waals surface area (Å²) in [6.45, 7) is 0.913. The zero-order chi connectivity index (χ0) is 16.7. The van der Waals surface area contributed by atoms with Gasteiger partial charge in [-0.25, -0.2) is 8.42 Å². The van der Waals surface area contributed by atoms with Crippen molar-refractivity contribution in [2.24, 2.45) is 0 Å². The SMILES string of the molecule is C1=COCCC1.Nc1ccc(S(=O)(=O)c2ccc(N)cc2)cc1. The molecule has 0 unspecified atom stereocenters. The number of anilines is 2. The Morgan fingerprint density at radius 1 is 0.826 bits per heavy atom. The van der Waals surface area contributed by atoms with Gasteiger partial charge in [0.2, 0.25) is 9.84 Å². The van der Waals surface area contributed by atoms with Crippen LogP contribution in [0.2, 0.25) is 0 Å². The van der Waals surface area contributed by atoms with Crippen LogP contribution in [0, 0.1) is 0 Å². The summed E-state index contributed by atoms with van der Waals surface area (Å²) >= 11 is 0. The fourth-order valence-corrected chi connectivity index (χ4v) is 3.18. The third-order valence-electron chi connectivity index (χ3n) is 3.21. The Kier molecular flexibility index (Phi) is 5.65. The third-order valence-corrected chi connectivity index (χ3v) is 4.99. The minimum Gasteiger partial charge on any atom is -0.502 e. The Bertz CT molecular complexity index is 692. The normalized spacial score (nSPS) is 13.6. The maximum atomic E-state index is 12.2. The van der Waals surface area contributed by atoms with Crippen molar-refractivity contribution in [1.29, 1.82) is 0 Å². The second-order valence-electron chi connectivity index (χ2n) is 5.03. The number of nitrogens with two attached hydrogens (primary N) is 2. The Morgan fingerprint density at radius 3 is 1.57 bits per heavy atom. The Hall–Kier alpha value is -2.47. The highest BCUT2D eigenvalue weighted by atomic mass is 32.2. The van der Waals surface area contributed by atoms with Crippen LogP contribution in [0.5, 0.6) is 0 Å². The summed E-state index contributed by atoms with van der Waals surface area (Å²) in [5.41, 5.74) is 12.1. The van der Waals surface area contributed by atoms with Crippen molar-refractivity contribution >= 4 is 21.2 Å². The first-order valence-corrected chi connectivity index (χ1v) is 8.71. The van der Waals surface area contributed by atoms with Crippen molar-refractivity contribution in [3.8, 4) is 0 Å². The van der Waals surface area contributed by atoms with E-state index in [0.717, 1.165) is 6.61 Å². The van der Waals surface area contributed by atoms with E-state index in [0.29, 0.717) is 11.4 Å². The van der Waals surface area contributed by atoms with Gasteiger partial charge >= 0.3 is 0 Å². The monoisotopic (exact) mass is 332 g/mol. The lowest BCUT2D eigenvalue weighted by Crippen LogP contribution is -2.02. The lowest BCUT2D eigenvalue weighted by molar-refractivity contribution is 0.231. The van der Waals surface area contributed by atoms with Gasteiger partial charge in [-0.05, 0) is 67.4 Å². The van der Waals surface area contributed by atoms with Gasteiger partial charge < -0.3 is 16.2 Å². The molecule has 2 aromatic rings. The summed E-state index contributed by atoms with van der Waals surface area (Å²) in [6, 6.07) is 12.2. The molecule has 23 heavy (non-hydrogen) atoms. The van der Waals surface area contributed by atoms with Gasteiger partial charge in [-0.3, -0.25) is 0 Å². The molecule has 6 heteroatoms. The molecule has 0 aliphatic carbocycles. The number of hydrogen-bond acceptors (Lipinski definition) is 5. The van der Waals surface area contributed by atoms with Gasteiger partial charge in [0.15, 0.2) is 0 Å². The highest BCUT2D eigenvalue weighted by molar-refractivity contribution is 7.91. The molecule has 4 N–H and O–H groups in total. The van der Waals surface area contributed by atoms with Crippen molar-refractivity contribution < 1.29 is 13.2 Å². The van der Waals surface area contributed by atoms with Crippen LogP contribution in [-0.2, 0) is 14.6 Å². The molecule has 0 spiro atoms. The van der Waals surface area contributed by atoms with Gasteiger partial charge in [0.05, 0.1) is 22.7 Å². The average Bonchev–Trinajstić information content (AvgIpc) is 2.58. The van der Waals surface area contributed by atoms with E-state index in [9.17, 15) is 8.42 Å². The van der Waals surface area contributed by atoms with Gasteiger partial charge in [-0.1, -0.05) is 0 Å². The van der Waals surface area contributed by atoms with Crippen molar-refractivity contribution in [2.75, 3.05) is 18.1 Å². The molecular weight excluding hydrogens is 312 g/mol. The second-order valence-corrected chi connectivity index (χ2v) is 6.98. The summed E-state index contributed by atoms with van der Waals surface area (Å²) < 4.78 is 29.2. The molecule has 0 bridgehead atoms. The highest BCUT2D eigenvalue weighted by Gasteiger charge is 2.16. The summed E-state index contributed by atoms with van der Waals surface area (Å²) in [7, 11) is -3.48. The third kappa shape index (κ3) is 4.75. The Labute approximate surface area is 136 Å². The average molecular weight is 332 g/mol. The first-order valence-electron chi connectivity index (χ1n) is 7.23. The fourth-order valence-electron chi connectivity index (χ4n) is 1.92. The van der Waals surface area contributed by atoms with Gasteiger partial charge in [-0.2, -0.15) is 0 Å². The summed E-state index contributed by atoms with van der Waals surface area (Å²) in [4.78, 5) is 0.438. The molecule has 3 rings (SSSR count). The molecule has 1 aliphatic heterocycles. The molecule has 1 aliphatic rings. The topological polar surface area (TPSA) is 95.4 Å². The van der Waals surface area contributed by atoms with Crippen molar-refractivity contribution in [1.82, 2.24) is 0 Å². The van der Waals surface area contributed by atoms with Crippen LogP contribution in [-0.4, -0.2) is 15.0 Å². The summed E-state index contributed by atoms with van der Waals surface area (Å²) in [5, 5.41) is 0. The summed E-state index contributed by atoms with van der Waals surface area (Å²) in [5.74, 6) is 0. The second kappa shape index (κ2) is 7.69. The predicted molar refractivity (Wildman–Crippen MR) is 91.5 cm³/mol. The highest BCUT2D eigenvalue weighted by Crippen LogP contribution is 2.22. The number of sulfone groups is 1. The van der Waals surface area contributed by atoms with Gasteiger partial charge in [-0.15, -0.1) is 0 Å². The van der Waals surface area contributed by atoms with Crippen LogP contribution in [0.4, 0.5) is 11.4 Å². The molecule has 122 valence electrons. The summed E-state index contributed by atoms with van der Waals surface area (Å²) in [6.07, 6.45) is 6.20. The number of nitrogen functional groups attached to an aromatic ring is 2. The van der Waals surface area contributed by atoms with Crippen LogP contribution in [0.3, 0.4) is 0 Å². The molecule has 0 amide bonds. The molecule has 0 saturated carbocycles. The first kappa shape index (κ1) is 16.9. The lowest BCUT2D eigenvalue weighted by atomic mass is 10.3. The fraction of sp³-hybridized carbons (Fsp3) is 0.176. The van der Waals surface area contributed by atoms with Crippen molar-refractivity contribution in [3.05, 3.63) is 60.9 Å². The zero-order valence-electron chi connectivity index (χ0n) is 12.7. The van der Waals surface area contributed by atoms with Crippen molar-refractivity contribution in [2.45, 2.75) is 22.6 Å². The number of ether oxygens (including phenoxy) is 1. The Balaban J connectivity index is 0.000000268. The largest absolute Gasteiger partial charge is 0.502 e. The van der Waals surface area contributed by atoms with E-state index in [1.54, 1.807) is 30.5 Å². The molecular formula is C17H20N2O3S. The van der Waals surface area contributed by atoms with E-state index < -0.39 is 9.84 Å². The number of allylic oxidation sites excluding steroid dienone is 1. The van der Waals surface area contributed by atoms with Crippen LogP contribution in [0.1, 0.15) is 12.8 Å². The molecule has 0 atom stereocenters. The van der Waals surface area contributed by atoms with Crippen LogP contribution < -0.4 is 11.5 Å². The molecule has 0 radical (unpaired) electrons. The molecule has 0 fully saturated rings. The van der Waals surface area contributed by atoms with E-state index in [1.165, 1.54) is 37.1 Å². The molecule has 0 aromatic heterocycles. The molecule has 2 aromatic carbocycles. The molecule has 5 nitrogen and oxygen atoms in total. The zero-order valence-corrected chi connectivity index (χ0v) is 13.5. The van der Waals surface area contributed by atoms with E-state index in [2.05, 4.69) is 0 Å². The number of rotatable bonds is 2. The Morgan fingerprint density at radius 2 is 1.30 bits per heavy atom. The smallest absolute Gasteiger partial charge is 0.206 e. The van der Waals surface area contributed by atoms with E-state index in [1.807, 2.05) is 6.08 Å². The number of benzene rings is 2.